The van der Waals surface area contributed by atoms with Gasteiger partial charge in [-0.15, -0.1) is 0 Å². The Morgan fingerprint density at radius 2 is 2.18 bits per heavy atom. The molecule has 1 unspecified atom stereocenters. The number of hydrogen-bond acceptors (Lipinski definition) is 5. The quantitative estimate of drug-likeness (QED) is 0.887. The van der Waals surface area contributed by atoms with Crippen LogP contribution in [0.25, 0.3) is 0 Å². The van der Waals surface area contributed by atoms with E-state index in [1.165, 1.54) is 0 Å². The predicted octanol–water partition coefficient (Wildman–Crippen LogP) is 2.73. The van der Waals surface area contributed by atoms with Crippen LogP contribution in [0.15, 0.2) is 27.3 Å². The molecule has 2 amide bonds. The molecule has 0 saturated heterocycles. The molecule has 0 aromatic carbocycles. The first-order chi connectivity index (χ1) is 10.5. The van der Waals surface area contributed by atoms with E-state index >= 15 is 0 Å². The van der Waals surface area contributed by atoms with Gasteiger partial charge in [0.15, 0.2) is 5.82 Å². The van der Waals surface area contributed by atoms with Crippen LogP contribution < -0.4 is 5.32 Å². The van der Waals surface area contributed by atoms with Crippen LogP contribution in [0.1, 0.15) is 50.2 Å². The Morgan fingerprint density at radius 3 is 2.77 bits per heavy atom. The molecule has 2 rings (SSSR count). The molecule has 0 bridgehead atoms. The lowest BCUT2D eigenvalue weighted by atomic mass is 10.2. The molecule has 0 saturated carbocycles. The van der Waals surface area contributed by atoms with E-state index < -0.39 is 0 Å². The lowest BCUT2D eigenvalue weighted by Gasteiger charge is -2.23. The Balaban J connectivity index is 1.79. The van der Waals surface area contributed by atoms with Crippen LogP contribution in [0, 0.1) is 0 Å². The molecule has 120 valence electrons. The summed E-state index contributed by atoms with van der Waals surface area (Å²) in [6.45, 7) is 6.34. The van der Waals surface area contributed by atoms with Crippen LogP contribution in [-0.2, 0) is 6.42 Å². The highest BCUT2D eigenvalue weighted by Gasteiger charge is 2.19. The zero-order valence-electron chi connectivity index (χ0n) is 13.4. The maximum absolute atomic E-state index is 12.1. The number of furan rings is 1. The predicted molar refractivity (Wildman–Crippen MR) is 80.4 cm³/mol. The summed E-state index contributed by atoms with van der Waals surface area (Å²) in [5, 5.41) is 6.72. The molecule has 0 aliphatic rings. The maximum Gasteiger partial charge on any atom is 0.317 e. The molecule has 2 aromatic rings. The Morgan fingerprint density at radius 1 is 1.41 bits per heavy atom. The molecule has 2 aromatic heterocycles. The van der Waals surface area contributed by atoms with Gasteiger partial charge in [0.25, 0.3) is 0 Å². The smallest absolute Gasteiger partial charge is 0.317 e. The van der Waals surface area contributed by atoms with Crippen LogP contribution in [0.5, 0.6) is 0 Å². The van der Waals surface area contributed by atoms with Crippen molar-refractivity contribution in [2.24, 2.45) is 0 Å². The number of hydrogen-bond donors (Lipinski definition) is 1. The zero-order chi connectivity index (χ0) is 16.1. The molecule has 0 aliphatic heterocycles. The molecule has 1 N–H and O–H groups in total. The van der Waals surface area contributed by atoms with Crippen LogP contribution in [-0.4, -0.2) is 34.7 Å². The topological polar surface area (TPSA) is 84.4 Å². The summed E-state index contributed by atoms with van der Waals surface area (Å²) in [7, 11) is 1.73. The van der Waals surface area contributed by atoms with Crippen molar-refractivity contribution in [3.63, 3.8) is 0 Å². The third-order valence-corrected chi connectivity index (χ3v) is 3.46. The largest absolute Gasteiger partial charge is 0.467 e. The fourth-order valence-corrected chi connectivity index (χ4v) is 1.91. The summed E-state index contributed by atoms with van der Waals surface area (Å²) in [6.07, 6.45) is 2.13. The first-order valence-electron chi connectivity index (χ1n) is 7.35. The van der Waals surface area contributed by atoms with E-state index in [9.17, 15) is 4.79 Å². The minimum absolute atomic E-state index is 0.132. The van der Waals surface area contributed by atoms with Crippen LogP contribution >= 0.6 is 0 Å². The molecule has 7 nitrogen and oxygen atoms in total. The summed E-state index contributed by atoms with van der Waals surface area (Å²) in [5.41, 5.74) is 0. The summed E-state index contributed by atoms with van der Waals surface area (Å²) in [4.78, 5) is 18.0. The fourth-order valence-electron chi connectivity index (χ4n) is 1.91. The molecule has 0 aliphatic carbocycles. The van der Waals surface area contributed by atoms with Crippen LogP contribution in [0.3, 0.4) is 0 Å². The van der Waals surface area contributed by atoms with Crippen molar-refractivity contribution in [3.05, 3.63) is 35.9 Å². The minimum atomic E-state index is -0.170. The third kappa shape index (κ3) is 3.87. The standard InChI is InChI=1S/C15H22N4O3/c1-10(2)14-17-13(18-22-14)7-8-16-15(20)19(4)11(3)12-6-5-9-21-12/h5-6,9-11H,7-8H2,1-4H3,(H,16,20). The first kappa shape index (κ1) is 16.1. The second kappa shape index (κ2) is 7.11. The molecule has 22 heavy (non-hydrogen) atoms. The molecular formula is C15H22N4O3. The summed E-state index contributed by atoms with van der Waals surface area (Å²) < 4.78 is 10.4. The highest BCUT2D eigenvalue weighted by atomic mass is 16.5. The van der Waals surface area contributed by atoms with E-state index in [2.05, 4.69) is 15.5 Å². The average Bonchev–Trinajstić information content (AvgIpc) is 3.16. The van der Waals surface area contributed by atoms with Gasteiger partial charge in [-0.1, -0.05) is 19.0 Å². The minimum Gasteiger partial charge on any atom is -0.467 e. The Bertz CT molecular complexity index is 592. The molecule has 7 heteroatoms. The Labute approximate surface area is 129 Å². The lowest BCUT2D eigenvalue weighted by Crippen LogP contribution is -2.39. The van der Waals surface area contributed by atoms with Crippen molar-refractivity contribution in [3.8, 4) is 0 Å². The number of nitrogens with zero attached hydrogens (tertiary/aromatic N) is 3. The molecular weight excluding hydrogens is 284 g/mol. The van der Waals surface area contributed by atoms with Gasteiger partial charge in [0.2, 0.25) is 5.89 Å². The number of carbonyl (C=O) groups excluding carboxylic acids is 1. The van der Waals surface area contributed by atoms with Gasteiger partial charge in [0, 0.05) is 25.9 Å². The number of aromatic nitrogens is 2. The van der Waals surface area contributed by atoms with Gasteiger partial charge in [0.05, 0.1) is 12.3 Å². The third-order valence-electron chi connectivity index (χ3n) is 3.46. The Hall–Kier alpha value is -2.31. The highest BCUT2D eigenvalue weighted by Crippen LogP contribution is 2.18. The number of carbonyl (C=O) groups is 1. The maximum atomic E-state index is 12.1. The summed E-state index contributed by atoms with van der Waals surface area (Å²) in [5.74, 6) is 2.17. The van der Waals surface area contributed by atoms with Crippen molar-refractivity contribution in [1.29, 1.82) is 0 Å². The van der Waals surface area contributed by atoms with E-state index in [1.54, 1.807) is 24.3 Å². The second-order valence-electron chi connectivity index (χ2n) is 5.49. The number of nitrogens with one attached hydrogen (secondary N) is 1. The molecule has 0 radical (unpaired) electrons. The second-order valence-corrected chi connectivity index (χ2v) is 5.49. The van der Waals surface area contributed by atoms with E-state index in [4.69, 9.17) is 8.94 Å². The van der Waals surface area contributed by atoms with Crippen molar-refractivity contribution >= 4 is 6.03 Å². The Kier molecular flexibility index (Phi) is 5.19. The van der Waals surface area contributed by atoms with Crippen LogP contribution in [0.4, 0.5) is 4.79 Å². The van der Waals surface area contributed by atoms with Crippen molar-refractivity contribution in [2.75, 3.05) is 13.6 Å². The van der Waals surface area contributed by atoms with E-state index in [0.717, 1.165) is 5.76 Å². The molecule has 0 spiro atoms. The fraction of sp³-hybridized carbons (Fsp3) is 0.533. The first-order valence-corrected chi connectivity index (χ1v) is 7.35. The van der Waals surface area contributed by atoms with Crippen molar-refractivity contribution in [1.82, 2.24) is 20.4 Å². The monoisotopic (exact) mass is 306 g/mol. The van der Waals surface area contributed by atoms with E-state index in [0.29, 0.717) is 24.7 Å². The summed E-state index contributed by atoms with van der Waals surface area (Å²) >= 11 is 0. The van der Waals surface area contributed by atoms with Gasteiger partial charge in [-0.05, 0) is 19.1 Å². The number of urea groups is 1. The zero-order valence-corrected chi connectivity index (χ0v) is 13.4. The van der Waals surface area contributed by atoms with Gasteiger partial charge < -0.3 is 19.2 Å². The SMILES string of the molecule is CC(C)c1nc(CCNC(=O)N(C)C(C)c2ccco2)no1. The van der Waals surface area contributed by atoms with Gasteiger partial charge in [-0.25, -0.2) is 4.79 Å². The van der Waals surface area contributed by atoms with E-state index in [1.807, 2.05) is 26.8 Å². The lowest BCUT2D eigenvalue weighted by molar-refractivity contribution is 0.187. The molecule has 1 atom stereocenters. The van der Waals surface area contributed by atoms with Crippen molar-refractivity contribution in [2.45, 2.75) is 39.2 Å². The molecule has 0 fully saturated rings. The van der Waals surface area contributed by atoms with Crippen LogP contribution in [0.2, 0.25) is 0 Å². The van der Waals surface area contributed by atoms with Gasteiger partial charge in [-0.3, -0.25) is 0 Å². The molecule has 2 heterocycles. The normalized spacial score (nSPS) is 12.4. The number of amides is 2. The van der Waals surface area contributed by atoms with Gasteiger partial charge >= 0.3 is 6.03 Å². The van der Waals surface area contributed by atoms with Gasteiger partial charge in [-0.2, -0.15) is 4.98 Å². The summed E-state index contributed by atoms with van der Waals surface area (Å²) in [6, 6.07) is 3.35. The van der Waals surface area contributed by atoms with Gasteiger partial charge in [0.1, 0.15) is 5.76 Å². The average molecular weight is 306 g/mol. The highest BCUT2D eigenvalue weighted by molar-refractivity contribution is 5.74. The van der Waals surface area contributed by atoms with E-state index in [-0.39, 0.29) is 18.0 Å². The number of rotatable bonds is 6. The van der Waals surface area contributed by atoms with Crippen molar-refractivity contribution < 1.29 is 13.7 Å².